The van der Waals surface area contributed by atoms with Gasteiger partial charge in [0.05, 0.1) is 6.42 Å². The highest BCUT2D eigenvalue weighted by atomic mass is 16.1. The van der Waals surface area contributed by atoms with E-state index in [2.05, 4.69) is 9.97 Å². The lowest BCUT2D eigenvalue weighted by Gasteiger charge is -1.92. The maximum absolute atomic E-state index is 10.4. The first kappa shape index (κ1) is 13.8. The average Bonchev–Trinajstić information content (AvgIpc) is 2.41. The highest BCUT2D eigenvalue weighted by Gasteiger charge is 1.95. The number of aromatic nitrogens is 2. The zero-order chi connectivity index (χ0) is 13.2. The lowest BCUT2D eigenvalue weighted by molar-refractivity contribution is -0.117. The highest BCUT2D eigenvalue weighted by molar-refractivity contribution is 5.75. The summed E-state index contributed by atoms with van der Waals surface area (Å²) in [5.74, 6) is -0.348. The first-order valence-corrected chi connectivity index (χ1v) is 5.49. The van der Waals surface area contributed by atoms with E-state index in [1.165, 1.54) is 0 Å². The van der Waals surface area contributed by atoms with Crippen molar-refractivity contribution in [1.82, 2.24) is 9.97 Å². The normalized spacial score (nSPS) is 9.17. The topological polar surface area (TPSA) is 94.9 Å². The number of hydrogen-bond acceptors (Lipinski definition) is 4. The summed E-state index contributed by atoms with van der Waals surface area (Å²) in [5, 5.41) is 0. The van der Waals surface area contributed by atoms with Crippen molar-refractivity contribution in [3.8, 4) is 0 Å². The van der Waals surface area contributed by atoms with Gasteiger partial charge >= 0.3 is 0 Å². The second-order valence-electron chi connectivity index (χ2n) is 3.52. The molecule has 5 nitrogen and oxygen atoms in total. The molecule has 5 heteroatoms. The number of amides is 1. The summed E-state index contributed by atoms with van der Waals surface area (Å²) >= 11 is 0. The molecule has 0 aromatic carbocycles. The Morgan fingerprint density at radius 3 is 2.28 bits per heavy atom. The average molecular weight is 244 g/mol. The Hall–Kier alpha value is -2.27. The van der Waals surface area contributed by atoms with Crippen LogP contribution in [-0.2, 0) is 17.8 Å². The van der Waals surface area contributed by atoms with Crippen LogP contribution >= 0.6 is 0 Å². The van der Waals surface area contributed by atoms with Gasteiger partial charge < -0.3 is 11.5 Å². The van der Waals surface area contributed by atoms with Crippen molar-refractivity contribution in [2.75, 3.05) is 0 Å². The number of carbonyl (C=O) groups excluding carboxylic acids is 1. The predicted octanol–water partition coefficient (Wildman–Crippen LogP) is 0.650. The lowest BCUT2D eigenvalue weighted by Crippen LogP contribution is -2.14. The van der Waals surface area contributed by atoms with Crippen molar-refractivity contribution in [3.63, 3.8) is 0 Å². The van der Waals surface area contributed by atoms with Gasteiger partial charge in [-0.05, 0) is 29.8 Å². The Balaban J connectivity index is 0.000000184. The summed E-state index contributed by atoms with van der Waals surface area (Å²) in [6.07, 6.45) is 5.34. The van der Waals surface area contributed by atoms with E-state index in [9.17, 15) is 4.79 Å². The van der Waals surface area contributed by atoms with Crippen LogP contribution in [0.1, 0.15) is 11.3 Å². The van der Waals surface area contributed by atoms with Gasteiger partial charge in [0.2, 0.25) is 5.91 Å². The van der Waals surface area contributed by atoms with E-state index in [1.54, 1.807) is 30.7 Å². The van der Waals surface area contributed by atoms with Crippen LogP contribution in [0.2, 0.25) is 0 Å². The Labute approximate surface area is 106 Å². The third-order valence-corrected chi connectivity index (χ3v) is 2.07. The molecule has 0 aliphatic heterocycles. The Kier molecular flexibility index (Phi) is 6.07. The van der Waals surface area contributed by atoms with Crippen molar-refractivity contribution in [3.05, 3.63) is 60.2 Å². The van der Waals surface area contributed by atoms with Gasteiger partial charge in [0, 0.05) is 30.8 Å². The molecule has 0 aliphatic rings. The van der Waals surface area contributed by atoms with Crippen LogP contribution in [0.5, 0.6) is 0 Å². The molecule has 0 saturated carbocycles. The van der Waals surface area contributed by atoms with E-state index in [4.69, 9.17) is 11.5 Å². The quantitative estimate of drug-likeness (QED) is 0.828. The molecule has 94 valence electrons. The van der Waals surface area contributed by atoms with Gasteiger partial charge in [0.15, 0.2) is 0 Å². The minimum Gasteiger partial charge on any atom is -0.369 e. The fourth-order valence-corrected chi connectivity index (χ4v) is 1.20. The smallest absolute Gasteiger partial charge is 0.223 e. The van der Waals surface area contributed by atoms with Crippen LogP contribution in [0.15, 0.2) is 48.9 Å². The van der Waals surface area contributed by atoms with Crippen molar-refractivity contribution >= 4 is 5.91 Å². The van der Waals surface area contributed by atoms with Crippen LogP contribution in [0, 0.1) is 0 Å². The molecule has 0 saturated heterocycles. The van der Waals surface area contributed by atoms with Crippen molar-refractivity contribution in [2.24, 2.45) is 11.5 Å². The summed E-state index contributed by atoms with van der Waals surface area (Å²) in [6, 6.07) is 9.19. The molecule has 0 fully saturated rings. The zero-order valence-electron chi connectivity index (χ0n) is 9.99. The molecule has 1 amide bonds. The molecule has 2 aromatic rings. The molecule has 2 aromatic heterocycles. The van der Waals surface area contributed by atoms with E-state index in [1.807, 2.05) is 18.2 Å². The molecule has 2 heterocycles. The largest absolute Gasteiger partial charge is 0.369 e. The second kappa shape index (κ2) is 7.92. The summed E-state index contributed by atoms with van der Waals surface area (Å²) in [5.41, 5.74) is 12.1. The first-order chi connectivity index (χ1) is 8.72. The number of pyridine rings is 2. The maximum atomic E-state index is 10.4. The van der Waals surface area contributed by atoms with Crippen molar-refractivity contribution in [2.45, 2.75) is 13.0 Å². The monoisotopic (exact) mass is 244 g/mol. The van der Waals surface area contributed by atoms with Gasteiger partial charge in [0.25, 0.3) is 0 Å². The molecule has 0 bridgehead atoms. The fraction of sp³-hybridized carbons (Fsp3) is 0.154. The van der Waals surface area contributed by atoms with Gasteiger partial charge in [-0.3, -0.25) is 14.8 Å². The minimum atomic E-state index is -0.348. The highest BCUT2D eigenvalue weighted by Crippen LogP contribution is 1.92. The van der Waals surface area contributed by atoms with Crippen LogP contribution in [0.3, 0.4) is 0 Å². The molecule has 0 unspecified atom stereocenters. The van der Waals surface area contributed by atoms with E-state index in [0.29, 0.717) is 6.54 Å². The Morgan fingerprint density at radius 1 is 1.11 bits per heavy atom. The zero-order valence-corrected chi connectivity index (χ0v) is 9.99. The molecule has 0 aliphatic carbocycles. The molecular weight excluding hydrogens is 228 g/mol. The van der Waals surface area contributed by atoms with Crippen molar-refractivity contribution < 1.29 is 4.79 Å². The lowest BCUT2D eigenvalue weighted by atomic mass is 10.3. The number of hydrogen-bond donors (Lipinski definition) is 2. The Morgan fingerprint density at radius 2 is 1.83 bits per heavy atom. The van der Waals surface area contributed by atoms with Crippen LogP contribution in [-0.4, -0.2) is 15.9 Å². The number of nitrogens with two attached hydrogens (primary N) is 2. The van der Waals surface area contributed by atoms with Gasteiger partial charge in [-0.25, -0.2) is 0 Å². The number of rotatable bonds is 3. The summed E-state index contributed by atoms with van der Waals surface area (Å²) in [4.78, 5) is 18.1. The number of nitrogens with zero attached hydrogens (tertiary/aromatic N) is 2. The molecule has 0 atom stereocenters. The summed E-state index contributed by atoms with van der Waals surface area (Å²) < 4.78 is 0. The van der Waals surface area contributed by atoms with Crippen molar-refractivity contribution in [1.29, 1.82) is 0 Å². The SMILES string of the molecule is NC(=O)Cc1ccccn1.NCc1ccncc1. The molecular formula is C13H16N4O. The van der Waals surface area contributed by atoms with Gasteiger partial charge in [-0.2, -0.15) is 0 Å². The summed E-state index contributed by atoms with van der Waals surface area (Å²) in [6.45, 7) is 0.600. The number of carbonyl (C=O) groups is 1. The minimum absolute atomic E-state index is 0.223. The molecule has 0 spiro atoms. The van der Waals surface area contributed by atoms with E-state index < -0.39 is 0 Å². The number of primary amides is 1. The van der Waals surface area contributed by atoms with Crippen LogP contribution < -0.4 is 11.5 Å². The fourth-order valence-electron chi connectivity index (χ4n) is 1.20. The molecule has 2 rings (SSSR count). The van der Waals surface area contributed by atoms with E-state index in [-0.39, 0.29) is 12.3 Å². The third-order valence-electron chi connectivity index (χ3n) is 2.07. The Bertz CT molecular complexity index is 459. The summed E-state index contributed by atoms with van der Waals surface area (Å²) in [7, 11) is 0. The second-order valence-corrected chi connectivity index (χ2v) is 3.52. The third kappa shape index (κ3) is 5.72. The molecule has 18 heavy (non-hydrogen) atoms. The van der Waals surface area contributed by atoms with E-state index in [0.717, 1.165) is 11.3 Å². The van der Waals surface area contributed by atoms with Gasteiger partial charge in [-0.1, -0.05) is 6.07 Å². The first-order valence-electron chi connectivity index (χ1n) is 5.49. The van der Waals surface area contributed by atoms with Crippen LogP contribution in [0.4, 0.5) is 0 Å². The van der Waals surface area contributed by atoms with Gasteiger partial charge in [0.1, 0.15) is 0 Å². The standard InChI is InChI=1S/C7H8N2O.C6H8N2/c8-7(10)5-6-3-1-2-4-9-6;7-5-6-1-3-8-4-2-6/h1-4H,5H2,(H2,8,10);1-4H,5,7H2. The van der Waals surface area contributed by atoms with Crippen LogP contribution in [0.25, 0.3) is 0 Å². The predicted molar refractivity (Wildman–Crippen MR) is 69.3 cm³/mol. The molecule has 4 N–H and O–H groups in total. The van der Waals surface area contributed by atoms with Gasteiger partial charge in [-0.15, -0.1) is 0 Å². The van der Waals surface area contributed by atoms with E-state index >= 15 is 0 Å². The maximum Gasteiger partial charge on any atom is 0.223 e. The molecule has 0 radical (unpaired) electrons.